The van der Waals surface area contributed by atoms with Crippen LogP contribution in [0, 0.1) is 0 Å². The van der Waals surface area contributed by atoms with E-state index in [2.05, 4.69) is 22.8 Å². The number of amides is 2. The van der Waals surface area contributed by atoms with Crippen LogP contribution in [0.1, 0.15) is 33.7 Å². The van der Waals surface area contributed by atoms with Crippen LogP contribution in [-0.4, -0.2) is 28.7 Å². The SMILES string of the molecule is O=C(Nc1cccc(C2SCCCS2)c1)N[C@@H]1c2ccccc2C[C@@H]1O. The van der Waals surface area contributed by atoms with Crippen LogP contribution in [0.4, 0.5) is 10.5 Å². The number of anilines is 1. The monoisotopic (exact) mass is 386 g/mol. The number of carbonyl (C=O) groups excluding carboxylic acids is 1. The highest BCUT2D eigenvalue weighted by molar-refractivity contribution is 8.16. The van der Waals surface area contributed by atoms with Crippen molar-refractivity contribution in [3.63, 3.8) is 0 Å². The number of carbonyl (C=O) groups is 1. The van der Waals surface area contributed by atoms with Crippen molar-refractivity contribution in [3.8, 4) is 0 Å². The maximum Gasteiger partial charge on any atom is 0.319 e. The predicted octanol–water partition coefficient (Wildman–Crippen LogP) is 4.34. The van der Waals surface area contributed by atoms with Gasteiger partial charge < -0.3 is 15.7 Å². The molecule has 1 aliphatic heterocycles. The van der Waals surface area contributed by atoms with Gasteiger partial charge in [0.2, 0.25) is 0 Å². The Morgan fingerprint density at radius 2 is 1.88 bits per heavy atom. The normalized spacial score (nSPS) is 22.7. The molecule has 0 saturated carbocycles. The van der Waals surface area contributed by atoms with Gasteiger partial charge in [-0.25, -0.2) is 4.79 Å². The third-order valence-electron chi connectivity index (χ3n) is 4.73. The van der Waals surface area contributed by atoms with Crippen LogP contribution in [0.3, 0.4) is 0 Å². The number of nitrogens with one attached hydrogen (secondary N) is 2. The molecule has 0 radical (unpaired) electrons. The zero-order valence-electron chi connectivity index (χ0n) is 14.4. The second-order valence-electron chi connectivity index (χ2n) is 6.60. The van der Waals surface area contributed by atoms with Crippen molar-refractivity contribution < 1.29 is 9.90 Å². The second kappa shape index (κ2) is 7.94. The summed E-state index contributed by atoms with van der Waals surface area (Å²) in [6.07, 6.45) is 1.25. The number of rotatable bonds is 3. The summed E-state index contributed by atoms with van der Waals surface area (Å²) >= 11 is 3.93. The molecule has 1 aliphatic carbocycles. The standard InChI is InChI=1S/C20H22N2O2S2/c23-17-12-13-5-1-2-8-16(13)18(17)22-20(24)21-15-7-3-6-14(11-15)19-25-9-4-10-26-19/h1-3,5-8,11,17-19,23H,4,9-10,12H2,(H2,21,22,24)/t17-,18+/m0/s1. The lowest BCUT2D eigenvalue weighted by Crippen LogP contribution is -2.36. The number of urea groups is 1. The van der Waals surface area contributed by atoms with Gasteiger partial charge in [-0.2, -0.15) is 0 Å². The second-order valence-corrected chi connectivity index (χ2v) is 9.32. The Hall–Kier alpha value is -1.63. The highest BCUT2D eigenvalue weighted by atomic mass is 32.2. The van der Waals surface area contributed by atoms with E-state index in [0.717, 1.165) is 16.8 Å². The first-order chi connectivity index (χ1) is 12.7. The predicted molar refractivity (Wildman–Crippen MR) is 110 cm³/mol. The summed E-state index contributed by atoms with van der Waals surface area (Å²) in [5, 5.41) is 16.1. The van der Waals surface area contributed by atoms with Gasteiger partial charge >= 0.3 is 6.03 Å². The lowest BCUT2D eigenvalue weighted by Gasteiger charge is -2.22. The van der Waals surface area contributed by atoms with Gasteiger partial charge in [-0.15, -0.1) is 23.5 Å². The van der Waals surface area contributed by atoms with Crippen molar-refractivity contribution in [3.05, 3.63) is 65.2 Å². The van der Waals surface area contributed by atoms with Gasteiger partial charge in [0.15, 0.2) is 0 Å². The van der Waals surface area contributed by atoms with E-state index in [1.165, 1.54) is 23.5 Å². The van der Waals surface area contributed by atoms with Crippen LogP contribution in [-0.2, 0) is 6.42 Å². The minimum atomic E-state index is -0.584. The Kier molecular flexibility index (Phi) is 5.43. The van der Waals surface area contributed by atoms with Crippen molar-refractivity contribution in [2.75, 3.05) is 16.8 Å². The molecule has 136 valence electrons. The molecule has 1 heterocycles. The lowest BCUT2D eigenvalue weighted by atomic mass is 10.1. The van der Waals surface area contributed by atoms with Crippen LogP contribution >= 0.6 is 23.5 Å². The Morgan fingerprint density at radius 3 is 2.73 bits per heavy atom. The number of aliphatic hydroxyl groups excluding tert-OH is 1. The first-order valence-electron chi connectivity index (χ1n) is 8.87. The van der Waals surface area contributed by atoms with Crippen LogP contribution in [0.2, 0.25) is 0 Å². The number of aliphatic hydroxyl groups is 1. The zero-order chi connectivity index (χ0) is 17.9. The maximum absolute atomic E-state index is 12.5. The van der Waals surface area contributed by atoms with Crippen molar-refractivity contribution in [1.29, 1.82) is 0 Å². The molecule has 1 fully saturated rings. The van der Waals surface area contributed by atoms with Gasteiger partial charge in [0.05, 0.1) is 16.7 Å². The van der Waals surface area contributed by atoms with Crippen LogP contribution in [0.15, 0.2) is 48.5 Å². The van der Waals surface area contributed by atoms with Crippen molar-refractivity contribution in [2.24, 2.45) is 0 Å². The molecule has 26 heavy (non-hydrogen) atoms. The van der Waals surface area contributed by atoms with E-state index in [1.807, 2.05) is 59.9 Å². The van der Waals surface area contributed by atoms with E-state index in [1.54, 1.807) is 0 Å². The summed E-state index contributed by atoms with van der Waals surface area (Å²) in [5.74, 6) is 2.38. The van der Waals surface area contributed by atoms with Crippen molar-refractivity contribution in [2.45, 2.75) is 29.6 Å². The number of benzene rings is 2. The van der Waals surface area contributed by atoms with Crippen molar-refractivity contribution in [1.82, 2.24) is 5.32 Å². The molecule has 4 rings (SSSR count). The van der Waals surface area contributed by atoms with E-state index in [0.29, 0.717) is 11.0 Å². The van der Waals surface area contributed by atoms with Gasteiger partial charge in [0.1, 0.15) is 0 Å². The average Bonchev–Trinajstić information content (AvgIpc) is 2.98. The topological polar surface area (TPSA) is 61.4 Å². The molecule has 4 nitrogen and oxygen atoms in total. The highest BCUT2D eigenvalue weighted by Crippen LogP contribution is 2.44. The third kappa shape index (κ3) is 3.87. The molecule has 0 unspecified atom stereocenters. The van der Waals surface area contributed by atoms with E-state index in [-0.39, 0.29) is 12.1 Å². The summed E-state index contributed by atoms with van der Waals surface area (Å²) in [4.78, 5) is 12.5. The number of hydrogen-bond donors (Lipinski definition) is 3. The van der Waals surface area contributed by atoms with Gasteiger partial charge in [0.25, 0.3) is 0 Å². The van der Waals surface area contributed by atoms with Crippen molar-refractivity contribution >= 4 is 35.2 Å². The molecule has 2 atom stereocenters. The lowest BCUT2D eigenvalue weighted by molar-refractivity contribution is 0.144. The minimum Gasteiger partial charge on any atom is -0.390 e. The number of hydrogen-bond acceptors (Lipinski definition) is 4. The van der Waals surface area contributed by atoms with Gasteiger partial charge in [-0.3, -0.25) is 0 Å². The maximum atomic E-state index is 12.5. The molecular weight excluding hydrogens is 364 g/mol. The summed E-state index contributed by atoms with van der Waals surface area (Å²) in [7, 11) is 0. The molecule has 2 amide bonds. The molecule has 6 heteroatoms. The molecule has 1 saturated heterocycles. The van der Waals surface area contributed by atoms with E-state index >= 15 is 0 Å². The zero-order valence-corrected chi connectivity index (χ0v) is 16.0. The Labute approximate surface area is 162 Å². The highest BCUT2D eigenvalue weighted by Gasteiger charge is 2.31. The quantitative estimate of drug-likeness (QED) is 0.735. The fraction of sp³-hybridized carbons (Fsp3) is 0.350. The summed E-state index contributed by atoms with van der Waals surface area (Å²) in [6.45, 7) is 0. The third-order valence-corrected chi connectivity index (χ3v) is 7.75. The summed E-state index contributed by atoms with van der Waals surface area (Å²) < 4.78 is 0.442. The molecule has 2 aliphatic rings. The van der Waals surface area contributed by atoms with Crippen LogP contribution in [0.25, 0.3) is 0 Å². The fourth-order valence-corrected chi connectivity index (χ4v) is 6.37. The molecule has 0 spiro atoms. The van der Waals surface area contributed by atoms with Crippen LogP contribution < -0.4 is 10.6 Å². The Balaban J connectivity index is 1.42. The van der Waals surface area contributed by atoms with Gasteiger partial charge in [-0.1, -0.05) is 36.4 Å². The molecule has 2 aromatic carbocycles. The summed E-state index contributed by atoms with van der Waals surface area (Å²) in [5.41, 5.74) is 4.12. The Morgan fingerprint density at radius 1 is 1.08 bits per heavy atom. The van der Waals surface area contributed by atoms with E-state index in [9.17, 15) is 9.90 Å². The van der Waals surface area contributed by atoms with Gasteiger partial charge in [0, 0.05) is 12.1 Å². The molecule has 0 bridgehead atoms. The molecule has 2 aromatic rings. The number of thioether (sulfide) groups is 2. The average molecular weight is 387 g/mol. The summed E-state index contributed by atoms with van der Waals surface area (Å²) in [6, 6.07) is 15.3. The minimum absolute atomic E-state index is 0.285. The first-order valence-corrected chi connectivity index (χ1v) is 11.0. The largest absolute Gasteiger partial charge is 0.390 e. The molecular formula is C20H22N2O2S2. The molecule has 0 aromatic heterocycles. The fourth-order valence-electron chi connectivity index (χ4n) is 3.50. The van der Waals surface area contributed by atoms with E-state index in [4.69, 9.17) is 0 Å². The van der Waals surface area contributed by atoms with Gasteiger partial charge in [-0.05, 0) is 46.7 Å². The number of fused-ring (bicyclic) bond motifs is 1. The smallest absolute Gasteiger partial charge is 0.319 e. The molecule has 3 N–H and O–H groups in total. The first kappa shape index (κ1) is 17.8. The van der Waals surface area contributed by atoms with E-state index < -0.39 is 6.10 Å². The van der Waals surface area contributed by atoms with Crippen LogP contribution in [0.5, 0.6) is 0 Å². The Bertz CT molecular complexity index is 793.